The molecule has 1 aromatic rings. The molecule has 0 saturated carbocycles. The number of anilines is 1. The van der Waals surface area contributed by atoms with Crippen LogP contribution in [-0.2, 0) is 19.1 Å². The third kappa shape index (κ3) is 5.20. The number of aryl methyl sites for hydroxylation is 1. The van der Waals surface area contributed by atoms with Gasteiger partial charge in [0.1, 0.15) is 5.76 Å². The van der Waals surface area contributed by atoms with Gasteiger partial charge in [-0.05, 0) is 19.8 Å². The van der Waals surface area contributed by atoms with Gasteiger partial charge < -0.3 is 24.2 Å². The highest BCUT2D eigenvalue weighted by Crippen LogP contribution is 2.26. The van der Waals surface area contributed by atoms with Crippen molar-refractivity contribution in [2.24, 2.45) is 5.92 Å². The lowest BCUT2D eigenvalue weighted by molar-refractivity contribution is -0.134. The number of piperidine rings is 1. The van der Waals surface area contributed by atoms with E-state index in [0.717, 1.165) is 25.9 Å². The molecule has 2 fully saturated rings. The molecule has 2 amide bonds. The fourth-order valence-corrected chi connectivity index (χ4v) is 3.71. The first kappa shape index (κ1) is 18.2. The SMILES string of the molecule is Cc1cc(NC(=O)CSCC(=O)N2CCC(C3OCCO3)CC2)no1. The van der Waals surface area contributed by atoms with Gasteiger partial charge in [-0.2, -0.15) is 0 Å². The normalized spacial score (nSPS) is 19.3. The van der Waals surface area contributed by atoms with Gasteiger partial charge in [-0.25, -0.2) is 0 Å². The summed E-state index contributed by atoms with van der Waals surface area (Å²) in [6.07, 6.45) is 1.69. The number of ether oxygens (including phenoxy) is 2. The van der Waals surface area contributed by atoms with E-state index in [1.54, 1.807) is 13.0 Å². The molecule has 0 spiro atoms. The topological polar surface area (TPSA) is 93.9 Å². The average molecular weight is 369 g/mol. The quantitative estimate of drug-likeness (QED) is 0.807. The molecule has 3 rings (SSSR count). The molecule has 0 atom stereocenters. The van der Waals surface area contributed by atoms with E-state index in [1.807, 2.05) is 4.90 Å². The third-order valence-corrected chi connectivity index (χ3v) is 5.20. The summed E-state index contributed by atoms with van der Waals surface area (Å²) < 4.78 is 16.0. The number of likely N-dealkylation sites (tertiary alicyclic amines) is 1. The number of aromatic nitrogens is 1. The summed E-state index contributed by atoms with van der Waals surface area (Å²) in [7, 11) is 0. The summed E-state index contributed by atoms with van der Waals surface area (Å²) in [5.41, 5.74) is 0. The molecule has 1 N–H and O–H groups in total. The highest BCUT2D eigenvalue weighted by Gasteiger charge is 2.31. The highest BCUT2D eigenvalue weighted by atomic mass is 32.2. The van der Waals surface area contributed by atoms with E-state index in [2.05, 4.69) is 10.5 Å². The first-order valence-corrected chi connectivity index (χ1v) is 9.59. The first-order chi connectivity index (χ1) is 12.1. The van der Waals surface area contributed by atoms with Gasteiger partial charge in [0.15, 0.2) is 12.1 Å². The summed E-state index contributed by atoms with van der Waals surface area (Å²) in [6.45, 7) is 4.52. The van der Waals surface area contributed by atoms with E-state index in [0.29, 0.717) is 36.5 Å². The van der Waals surface area contributed by atoms with Crippen molar-refractivity contribution in [1.82, 2.24) is 10.1 Å². The van der Waals surface area contributed by atoms with Gasteiger partial charge in [0.25, 0.3) is 0 Å². The van der Waals surface area contributed by atoms with Crippen LogP contribution in [0.25, 0.3) is 0 Å². The molecule has 0 unspecified atom stereocenters. The van der Waals surface area contributed by atoms with Crippen molar-refractivity contribution >= 4 is 29.4 Å². The smallest absolute Gasteiger partial charge is 0.235 e. The van der Waals surface area contributed by atoms with Gasteiger partial charge in [0.05, 0.1) is 24.7 Å². The molecule has 138 valence electrons. The van der Waals surface area contributed by atoms with Crippen molar-refractivity contribution in [3.05, 3.63) is 11.8 Å². The van der Waals surface area contributed by atoms with Crippen molar-refractivity contribution in [2.75, 3.05) is 43.1 Å². The van der Waals surface area contributed by atoms with Gasteiger partial charge in [-0.15, -0.1) is 11.8 Å². The Bertz CT molecular complexity index is 594. The van der Waals surface area contributed by atoms with Gasteiger partial charge >= 0.3 is 0 Å². The Labute approximate surface area is 150 Å². The molecule has 0 aromatic carbocycles. The summed E-state index contributed by atoms with van der Waals surface area (Å²) in [5.74, 6) is 1.78. The number of carbonyl (C=O) groups excluding carboxylic acids is 2. The molecular formula is C16H23N3O5S. The summed E-state index contributed by atoms with van der Waals surface area (Å²) >= 11 is 1.30. The summed E-state index contributed by atoms with van der Waals surface area (Å²) in [5, 5.41) is 6.34. The lowest BCUT2D eigenvalue weighted by Crippen LogP contribution is -2.42. The molecule has 25 heavy (non-hydrogen) atoms. The monoisotopic (exact) mass is 369 g/mol. The number of hydrogen-bond donors (Lipinski definition) is 1. The Morgan fingerprint density at radius 3 is 2.64 bits per heavy atom. The van der Waals surface area contributed by atoms with E-state index in [1.165, 1.54) is 11.8 Å². The maximum atomic E-state index is 12.3. The lowest BCUT2D eigenvalue weighted by atomic mass is 9.96. The van der Waals surface area contributed by atoms with Gasteiger partial charge in [0, 0.05) is 25.1 Å². The van der Waals surface area contributed by atoms with Crippen molar-refractivity contribution in [3.8, 4) is 0 Å². The predicted octanol–water partition coefficient (Wildman–Crippen LogP) is 1.27. The zero-order valence-corrected chi connectivity index (χ0v) is 15.0. The maximum Gasteiger partial charge on any atom is 0.235 e. The maximum absolute atomic E-state index is 12.3. The van der Waals surface area contributed by atoms with E-state index in [4.69, 9.17) is 14.0 Å². The summed E-state index contributed by atoms with van der Waals surface area (Å²) in [6, 6.07) is 1.65. The van der Waals surface area contributed by atoms with Crippen LogP contribution in [0.1, 0.15) is 18.6 Å². The minimum Gasteiger partial charge on any atom is -0.360 e. The molecule has 2 aliphatic rings. The van der Waals surface area contributed by atoms with Crippen LogP contribution in [0.5, 0.6) is 0 Å². The highest BCUT2D eigenvalue weighted by molar-refractivity contribution is 8.00. The number of nitrogens with zero attached hydrogens (tertiary/aromatic N) is 2. The van der Waals surface area contributed by atoms with Crippen molar-refractivity contribution < 1.29 is 23.6 Å². The van der Waals surface area contributed by atoms with E-state index >= 15 is 0 Å². The molecule has 2 aliphatic heterocycles. The summed E-state index contributed by atoms with van der Waals surface area (Å²) in [4.78, 5) is 25.9. The minimum absolute atomic E-state index is 0.0711. The molecule has 0 bridgehead atoms. The molecule has 2 saturated heterocycles. The van der Waals surface area contributed by atoms with Crippen molar-refractivity contribution in [2.45, 2.75) is 26.1 Å². The van der Waals surface area contributed by atoms with Crippen LogP contribution >= 0.6 is 11.8 Å². The largest absolute Gasteiger partial charge is 0.360 e. The molecule has 0 radical (unpaired) electrons. The molecular weight excluding hydrogens is 346 g/mol. The molecule has 3 heterocycles. The molecule has 8 nitrogen and oxygen atoms in total. The minimum atomic E-state index is -0.194. The molecule has 1 aromatic heterocycles. The number of thioether (sulfide) groups is 1. The Morgan fingerprint density at radius 2 is 2.00 bits per heavy atom. The second kappa shape index (κ2) is 8.68. The number of carbonyl (C=O) groups is 2. The third-order valence-electron chi connectivity index (χ3n) is 4.28. The zero-order valence-electron chi connectivity index (χ0n) is 14.2. The van der Waals surface area contributed by atoms with Crippen LogP contribution < -0.4 is 5.32 Å². The number of nitrogens with one attached hydrogen (secondary N) is 1. The van der Waals surface area contributed by atoms with Crippen LogP contribution in [-0.4, -0.2) is 66.0 Å². The fraction of sp³-hybridized carbons (Fsp3) is 0.688. The van der Waals surface area contributed by atoms with Crippen LogP contribution in [0.3, 0.4) is 0 Å². The van der Waals surface area contributed by atoms with Gasteiger partial charge in [0.2, 0.25) is 11.8 Å². The number of rotatable bonds is 6. The zero-order chi connectivity index (χ0) is 17.6. The number of amides is 2. The Morgan fingerprint density at radius 1 is 1.28 bits per heavy atom. The first-order valence-electron chi connectivity index (χ1n) is 8.44. The van der Waals surface area contributed by atoms with Crippen molar-refractivity contribution in [3.63, 3.8) is 0 Å². The Kier molecular flexibility index (Phi) is 6.33. The van der Waals surface area contributed by atoms with Gasteiger partial charge in [-0.3, -0.25) is 9.59 Å². The Balaban J connectivity index is 1.32. The van der Waals surface area contributed by atoms with Crippen LogP contribution in [0, 0.1) is 12.8 Å². The van der Waals surface area contributed by atoms with E-state index in [-0.39, 0.29) is 23.9 Å². The van der Waals surface area contributed by atoms with E-state index in [9.17, 15) is 9.59 Å². The second-order valence-electron chi connectivity index (χ2n) is 6.19. The second-order valence-corrected chi connectivity index (χ2v) is 7.18. The Hall–Kier alpha value is -1.58. The van der Waals surface area contributed by atoms with Gasteiger partial charge in [-0.1, -0.05) is 5.16 Å². The van der Waals surface area contributed by atoms with Crippen molar-refractivity contribution in [1.29, 1.82) is 0 Å². The molecule has 9 heteroatoms. The van der Waals surface area contributed by atoms with Crippen LogP contribution in [0.15, 0.2) is 10.6 Å². The lowest BCUT2D eigenvalue weighted by Gasteiger charge is -2.33. The average Bonchev–Trinajstić information content (AvgIpc) is 3.27. The van der Waals surface area contributed by atoms with Crippen LogP contribution in [0.2, 0.25) is 0 Å². The fourth-order valence-electron chi connectivity index (χ4n) is 3.00. The van der Waals surface area contributed by atoms with E-state index < -0.39 is 0 Å². The van der Waals surface area contributed by atoms with Crippen LogP contribution in [0.4, 0.5) is 5.82 Å². The predicted molar refractivity (Wildman–Crippen MR) is 92.2 cm³/mol. The standard InChI is InChI=1S/C16H23N3O5S/c1-11-8-13(18-24-11)17-14(20)9-25-10-15(21)19-4-2-12(3-5-19)16-22-6-7-23-16/h8,12,16H,2-7,9-10H2,1H3,(H,17,18,20). The number of hydrogen-bond acceptors (Lipinski definition) is 7. The molecule has 0 aliphatic carbocycles.